The Morgan fingerprint density at radius 3 is 2.65 bits per heavy atom. The Morgan fingerprint density at radius 2 is 2.00 bits per heavy atom. The number of hydrogen-bond donors (Lipinski definition) is 1. The first-order valence-electron chi connectivity index (χ1n) is 7.86. The van der Waals surface area contributed by atoms with Gasteiger partial charge in [0.15, 0.2) is 5.78 Å². The number of carbonyl (C=O) groups is 1. The van der Waals surface area contributed by atoms with Crippen molar-refractivity contribution < 1.29 is 14.3 Å². The highest BCUT2D eigenvalue weighted by Gasteiger charge is 2.17. The van der Waals surface area contributed by atoms with E-state index in [4.69, 9.17) is 9.47 Å². The van der Waals surface area contributed by atoms with Gasteiger partial charge in [-0.2, -0.15) is 0 Å². The fourth-order valence-electron chi connectivity index (χ4n) is 2.51. The standard InChI is InChI=1S/C20H17BrN2O3/c1-25-15-5-3-4-14(12-15)19(24)16(20-22-8-9-23-20)10-13-6-7-18(26-2)17(21)11-13/h3-12H,1-2H3,(H,22,23). The monoisotopic (exact) mass is 412 g/mol. The lowest BCUT2D eigenvalue weighted by Gasteiger charge is -2.08. The highest BCUT2D eigenvalue weighted by atomic mass is 79.9. The van der Waals surface area contributed by atoms with Crippen LogP contribution in [-0.4, -0.2) is 30.0 Å². The molecule has 2 aromatic carbocycles. The molecule has 3 rings (SSSR count). The number of H-pyrrole nitrogens is 1. The SMILES string of the molecule is COc1cccc(C(=O)C(=Cc2ccc(OC)c(Br)c2)c2ncc[nH]2)c1. The summed E-state index contributed by atoms with van der Waals surface area (Å²) in [6, 6.07) is 12.7. The van der Waals surface area contributed by atoms with Crippen LogP contribution in [0.3, 0.4) is 0 Å². The fraction of sp³-hybridized carbons (Fsp3) is 0.100. The summed E-state index contributed by atoms with van der Waals surface area (Å²) >= 11 is 3.47. The number of hydrogen-bond acceptors (Lipinski definition) is 4. The Bertz CT molecular complexity index is 949. The van der Waals surface area contributed by atoms with E-state index < -0.39 is 0 Å². The number of aromatic amines is 1. The number of nitrogens with zero attached hydrogens (tertiary/aromatic N) is 1. The first-order chi connectivity index (χ1) is 12.6. The van der Waals surface area contributed by atoms with Gasteiger partial charge in [-0.1, -0.05) is 18.2 Å². The molecule has 0 saturated heterocycles. The molecule has 0 aliphatic carbocycles. The van der Waals surface area contributed by atoms with Crippen LogP contribution in [0.4, 0.5) is 0 Å². The molecule has 3 aromatic rings. The summed E-state index contributed by atoms with van der Waals surface area (Å²) in [6.07, 6.45) is 5.10. The van der Waals surface area contributed by atoms with Gasteiger partial charge in [0.05, 0.1) is 24.3 Å². The second-order valence-electron chi connectivity index (χ2n) is 5.45. The van der Waals surface area contributed by atoms with E-state index in [1.165, 1.54) is 0 Å². The van der Waals surface area contributed by atoms with E-state index in [1.54, 1.807) is 57.0 Å². The fourth-order valence-corrected chi connectivity index (χ4v) is 3.07. The molecule has 1 heterocycles. The van der Waals surface area contributed by atoms with Gasteiger partial charge in [0, 0.05) is 18.0 Å². The van der Waals surface area contributed by atoms with Crippen molar-refractivity contribution in [2.24, 2.45) is 0 Å². The molecule has 0 radical (unpaired) electrons. The number of halogens is 1. The molecule has 5 nitrogen and oxygen atoms in total. The van der Waals surface area contributed by atoms with Crippen LogP contribution < -0.4 is 9.47 Å². The molecule has 26 heavy (non-hydrogen) atoms. The van der Waals surface area contributed by atoms with Crippen LogP contribution in [0.1, 0.15) is 21.7 Å². The number of Topliss-reactive ketones (excluding diaryl/α,β-unsaturated/α-hetero) is 1. The van der Waals surface area contributed by atoms with Crippen LogP contribution >= 0.6 is 15.9 Å². The summed E-state index contributed by atoms with van der Waals surface area (Å²) in [6.45, 7) is 0. The number of methoxy groups -OCH3 is 2. The predicted octanol–water partition coefficient (Wildman–Crippen LogP) is 4.61. The molecule has 0 bridgehead atoms. The lowest BCUT2D eigenvalue weighted by atomic mass is 10.00. The molecule has 0 atom stereocenters. The molecule has 0 aliphatic rings. The van der Waals surface area contributed by atoms with Gasteiger partial charge < -0.3 is 14.5 Å². The second kappa shape index (κ2) is 8.01. The van der Waals surface area contributed by atoms with Crippen molar-refractivity contribution in [2.45, 2.75) is 0 Å². The van der Waals surface area contributed by atoms with Gasteiger partial charge in [-0.15, -0.1) is 0 Å². The van der Waals surface area contributed by atoms with Crippen LogP contribution in [0.15, 0.2) is 59.3 Å². The third-order valence-electron chi connectivity index (χ3n) is 3.82. The predicted molar refractivity (Wildman–Crippen MR) is 104 cm³/mol. The minimum Gasteiger partial charge on any atom is -0.497 e. The van der Waals surface area contributed by atoms with Crippen molar-refractivity contribution in [1.82, 2.24) is 9.97 Å². The number of ether oxygens (including phenoxy) is 2. The van der Waals surface area contributed by atoms with E-state index in [-0.39, 0.29) is 5.78 Å². The molecular formula is C20H17BrN2O3. The molecule has 0 saturated carbocycles. The number of carbonyl (C=O) groups excluding carboxylic acids is 1. The Balaban J connectivity index is 2.06. The summed E-state index contributed by atoms with van der Waals surface area (Å²) in [7, 11) is 3.18. The van der Waals surface area contributed by atoms with Crippen LogP contribution in [0, 0.1) is 0 Å². The van der Waals surface area contributed by atoms with Crippen molar-refractivity contribution in [1.29, 1.82) is 0 Å². The van der Waals surface area contributed by atoms with E-state index in [2.05, 4.69) is 25.9 Å². The zero-order valence-electron chi connectivity index (χ0n) is 14.3. The van der Waals surface area contributed by atoms with Crippen LogP contribution in [0.25, 0.3) is 11.6 Å². The highest BCUT2D eigenvalue weighted by molar-refractivity contribution is 9.10. The van der Waals surface area contributed by atoms with Gasteiger partial charge in [0.1, 0.15) is 17.3 Å². The van der Waals surface area contributed by atoms with E-state index in [9.17, 15) is 4.79 Å². The molecule has 0 unspecified atom stereocenters. The van der Waals surface area contributed by atoms with E-state index in [0.717, 1.165) is 15.8 Å². The average Bonchev–Trinajstić information content (AvgIpc) is 3.20. The third kappa shape index (κ3) is 3.86. The smallest absolute Gasteiger partial charge is 0.196 e. The number of aromatic nitrogens is 2. The van der Waals surface area contributed by atoms with Gasteiger partial charge in [0.2, 0.25) is 0 Å². The first-order valence-corrected chi connectivity index (χ1v) is 8.65. The average molecular weight is 413 g/mol. The molecular weight excluding hydrogens is 396 g/mol. The van der Waals surface area contributed by atoms with Gasteiger partial charge in [0.25, 0.3) is 0 Å². The Morgan fingerprint density at radius 1 is 1.15 bits per heavy atom. The summed E-state index contributed by atoms with van der Waals surface area (Å²) in [5, 5.41) is 0. The van der Waals surface area contributed by atoms with Gasteiger partial charge >= 0.3 is 0 Å². The molecule has 132 valence electrons. The number of ketones is 1. The van der Waals surface area contributed by atoms with Crippen LogP contribution in [0.2, 0.25) is 0 Å². The molecule has 0 amide bonds. The minimum atomic E-state index is -0.147. The van der Waals surface area contributed by atoms with E-state index in [0.29, 0.717) is 22.7 Å². The van der Waals surface area contributed by atoms with Gasteiger partial charge in [-0.3, -0.25) is 4.79 Å². The normalized spacial score (nSPS) is 11.3. The molecule has 0 aliphatic heterocycles. The molecule has 1 N–H and O–H groups in total. The minimum absolute atomic E-state index is 0.147. The van der Waals surface area contributed by atoms with Crippen molar-refractivity contribution in [3.8, 4) is 11.5 Å². The lowest BCUT2D eigenvalue weighted by Crippen LogP contribution is -2.05. The zero-order valence-corrected chi connectivity index (χ0v) is 15.9. The molecule has 0 spiro atoms. The Kier molecular flexibility index (Phi) is 5.53. The third-order valence-corrected chi connectivity index (χ3v) is 4.44. The second-order valence-corrected chi connectivity index (χ2v) is 6.31. The van der Waals surface area contributed by atoms with Gasteiger partial charge in [-0.25, -0.2) is 4.98 Å². The number of allylic oxidation sites excluding steroid dienone is 1. The van der Waals surface area contributed by atoms with Crippen molar-refractivity contribution >= 4 is 33.4 Å². The van der Waals surface area contributed by atoms with E-state index >= 15 is 0 Å². The number of benzene rings is 2. The summed E-state index contributed by atoms with van der Waals surface area (Å²) in [4.78, 5) is 20.4. The summed E-state index contributed by atoms with van der Waals surface area (Å²) in [5.74, 6) is 1.71. The van der Waals surface area contributed by atoms with Crippen molar-refractivity contribution in [3.63, 3.8) is 0 Å². The zero-order chi connectivity index (χ0) is 18.5. The molecule has 0 fully saturated rings. The van der Waals surface area contributed by atoms with Crippen LogP contribution in [0.5, 0.6) is 11.5 Å². The quantitative estimate of drug-likeness (QED) is 0.474. The first kappa shape index (κ1) is 17.9. The maximum absolute atomic E-state index is 13.1. The number of imidazole rings is 1. The largest absolute Gasteiger partial charge is 0.497 e. The van der Waals surface area contributed by atoms with E-state index in [1.807, 2.05) is 18.2 Å². The summed E-state index contributed by atoms with van der Waals surface area (Å²) < 4.78 is 11.3. The van der Waals surface area contributed by atoms with Crippen LogP contribution in [-0.2, 0) is 0 Å². The maximum atomic E-state index is 13.1. The Hall–Kier alpha value is -2.86. The topological polar surface area (TPSA) is 64.2 Å². The van der Waals surface area contributed by atoms with Gasteiger partial charge in [-0.05, 0) is 51.8 Å². The molecule has 1 aromatic heterocycles. The number of rotatable bonds is 6. The lowest BCUT2D eigenvalue weighted by molar-refractivity contribution is 0.105. The summed E-state index contributed by atoms with van der Waals surface area (Å²) in [5.41, 5.74) is 1.83. The van der Waals surface area contributed by atoms with Crippen molar-refractivity contribution in [3.05, 3.63) is 76.3 Å². The highest BCUT2D eigenvalue weighted by Crippen LogP contribution is 2.28. The maximum Gasteiger partial charge on any atom is 0.196 e. The number of nitrogens with one attached hydrogen (secondary N) is 1. The van der Waals surface area contributed by atoms with Crippen molar-refractivity contribution in [2.75, 3.05) is 14.2 Å². The molecule has 6 heteroatoms. The Labute approximate surface area is 159 Å².